The summed E-state index contributed by atoms with van der Waals surface area (Å²) < 4.78 is 0. The van der Waals surface area contributed by atoms with E-state index in [1.54, 1.807) is 6.20 Å². The van der Waals surface area contributed by atoms with Crippen LogP contribution in [0.3, 0.4) is 0 Å². The lowest BCUT2D eigenvalue weighted by atomic mass is 10.1. The van der Waals surface area contributed by atoms with Gasteiger partial charge in [-0.1, -0.05) is 13.3 Å². The summed E-state index contributed by atoms with van der Waals surface area (Å²) in [6.45, 7) is 2.12. The van der Waals surface area contributed by atoms with Crippen LogP contribution in [0.5, 0.6) is 0 Å². The summed E-state index contributed by atoms with van der Waals surface area (Å²) in [5.74, 6) is 0. The van der Waals surface area contributed by atoms with Gasteiger partial charge in [-0.25, -0.2) is 0 Å². The van der Waals surface area contributed by atoms with E-state index in [1.807, 2.05) is 6.07 Å². The molecule has 0 aliphatic heterocycles. The molecule has 0 spiro atoms. The van der Waals surface area contributed by atoms with E-state index < -0.39 is 0 Å². The third-order valence-corrected chi connectivity index (χ3v) is 1.50. The minimum atomic E-state index is 0.108. The molecule has 3 N–H and O–H groups in total. The summed E-state index contributed by atoms with van der Waals surface area (Å²) >= 11 is 0. The fraction of sp³-hybridized carbons (Fsp3) is 0.571. The fourth-order valence-electron chi connectivity index (χ4n) is 0.937. The van der Waals surface area contributed by atoms with E-state index in [1.165, 1.54) is 0 Å². The Balaban J connectivity index is 2.50. The number of hydrogen-bond donors (Lipinski definition) is 2. The second-order valence-electron chi connectivity index (χ2n) is 2.39. The van der Waals surface area contributed by atoms with Gasteiger partial charge in [0.2, 0.25) is 0 Å². The van der Waals surface area contributed by atoms with Gasteiger partial charge in [0.1, 0.15) is 0 Å². The molecule has 3 heteroatoms. The molecule has 0 aliphatic rings. The van der Waals surface area contributed by atoms with Crippen LogP contribution in [0.15, 0.2) is 12.3 Å². The Morgan fingerprint density at radius 1 is 1.80 bits per heavy atom. The van der Waals surface area contributed by atoms with E-state index in [0.29, 0.717) is 0 Å². The van der Waals surface area contributed by atoms with Crippen molar-refractivity contribution in [2.75, 3.05) is 0 Å². The molecule has 0 amide bonds. The van der Waals surface area contributed by atoms with Crippen molar-refractivity contribution in [1.29, 1.82) is 0 Å². The zero-order valence-corrected chi connectivity index (χ0v) is 6.17. The first-order valence-corrected chi connectivity index (χ1v) is 3.60. The second kappa shape index (κ2) is 3.37. The lowest BCUT2D eigenvalue weighted by molar-refractivity contribution is 0.619. The second-order valence-corrected chi connectivity index (χ2v) is 2.39. The smallest absolute Gasteiger partial charge is 0.0789 e. The standard InChI is InChI=1S/C7H13N3/c1-2-3-6(8)7-4-5-9-10-7/h4-6H,2-3,8H2,1H3,(H,9,10). The molecule has 10 heavy (non-hydrogen) atoms. The van der Waals surface area contributed by atoms with E-state index in [-0.39, 0.29) is 6.04 Å². The average molecular weight is 139 g/mol. The molecule has 0 fully saturated rings. The predicted octanol–water partition coefficient (Wildman–Crippen LogP) is 1.21. The molecule has 3 nitrogen and oxygen atoms in total. The number of aromatic amines is 1. The van der Waals surface area contributed by atoms with E-state index >= 15 is 0 Å². The van der Waals surface area contributed by atoms with Crippen LogP contribution >= 0.6 is 0 Å². The molecular weight excluding hydrogens is 126 g/mol. The minimum Gasteiger partial charge on any atom is -0.323 e. The quantitative estimate of drug-likeness (QED) is 0.661. The highest BCUT2D eigenvalue weighted by atomic mass is 15.1. The number of hydrogen-bond acceptors (Lipinski definition) is 2. The van der Waals surface area contributed by atoms with Crippen LogP contribution in [-0.2, 0) is 0 Å². The first-order valence-electron chi connectivity index (χ1n) is 3.60. The predicted molar refractivity (Wildman–Crippen MR) is 40.4 cm³/mol. The summed E-state index contributed by atoms with van der Waals surface area (Å²) in [6.07, 6.45) is 3.91. The molecule has 1 aromatic rings. The zero-order chi connectivity index (χ0) is 7.40. The highest BCUT2D eigenvalue weighted by Gasteiger charge is 2.04. The van der Waals surface area contributed by atoms with Gasteiger partial charge in [-0.2, -0.15) is 5.10 Å². The van der Waals surface area contributed by atoms with E-state index in [4.69, 9.17) is 5.73 Å². The Labute approximate surface area is 60.6 Å². The Hall–Kier alpha value is -0.830. The molecule has 0 saturated carbocycles. The number of nitrogens with zero attached hydrogens (tertiary/aromatic N) is 1. The molecule has 1 atom stereocenters. The third-order valence-electron chi connectivity index (χ3n) is 1.50. The van der Waals surface area contributed by atoms with Crippen LogP contribution in [0.4, 0.5) is 0 Å². The number of nitrogens with one attached hydrogen (secondary N) is 1. The van der Waals surface area contributed by atoms with Gasteiger partial charge in [0, 0.05) is 12.2 Å². The molecule has 1 unspecified atom stereocenters. The lowest BCUT2D eigenvalue weighted by Gasteiger charge is -2.04. The molecule has 0 aliphatic carbocycles. The number of aromatic nitrogens is 2. The van der Waals surface area contributed by atoms with Gasteiger partial charge in [-0.3, -0.25) is 5.10 Å². The molecule has 0 saturated heterocycles. The highest BCUT2D eigenvalue weighted by Crippen LogP contribution is 2.10. The van der Waals surface area contributed by atoms with Crippen molar-refractivity contribution in [2.24, 2.45) is 5.73 Å². The summed E-state index contributed by atoms with van der Waals surface area (Å²) in [7, 11) is 0. The molecular formula is C7H13N3. The van der Waals surface area contributed by atoms with Gasteiger partial charge in [-0.15, -0.1) is 0 Å². The summed E-state index contributed by atoms with van der Waals surface area (Å²) in [4.78, 5) is 0. The van der Waals surface area contributed by atoms with Crippen molar-refractivity contribution in [3.63, 3.8) is 0 Å². The van der Waals surface area contributed by atoms with Gasteiger partial charge in [0.15, 0.2) is 0 Å². The number of H-pyrrole nitrogens is 1. The van der Waals surface area contributed by atoms with Crippen LogP contribution in [0.2, 0.25) is 0 Å². The van der Waals surface area contributed by atoms with E-state index in [0.717, 1.165) is 18.5 Å². The SMILES string of the molecule is CCCC(N)c1cc[nH]n1. The van der Waals surface area contributed by atoms with Gasteiger partial charge >= 0.3 is 0 Å². The first-order chi connectivity index (χ1) is 4.84. The Kier molecular flexibility index (Phi) is 2.45. The lowest BCUT2D eigenvalue weighted by Crippen LogP contribution is -2.09. The topological polar surface area (TPSA) is 54.7 Å². The van der Waals surface area contributed by atoms with Gasteiger partial charge in [-0.05, 0) is 12.5 Å². The summed E-state index contributed by atoms with van der Waals surface area (Å²) in [5.41, 5.74) is 6.73. The van der Waals surface area contributed by atoms with Gasteiger partial charge < -0.3 is 5.73 Å². The maximum Gasteiger partial charge on any atom is 0.0789 e. The molecule has 56 valence electrons. The maximum atomic E-state index is 5.77. The number of rotatable bonds is 3. The Bertz CT molecular complexity index is 169. The maximum absolute atomic E-state index is 5.77. The van der Waals surface area contributed by atoms with Crippen molar-refractivity contribution in [1.82, 2.24) is 10.2 Å². The van der Waals surface area contributed by atoms with Crippen molar-refractivity contribution < 1.29 is 0 Å². The zero-order valence-electron chi connectivity index (χ0n) is 6.17. The largest absolute Gasteiger partial charge is 0.323 e. The summed E-state index contributed by atoms with van der Waals surface area (Å²) in [5, 5.41) is 6.72. The van der Waals surface area contributed by atoms with Crippen molar-refractivity contribution in [2.45, 2.75) is 25.8 Å². The third kappa shape index (κ3) is 1.57. The van der Waals surface area contributed by atoms with Crippen LogP contribution in [0, 0.1) is 0 Å². The van der Waals surface area contributed by atoms with Crippen molar-refractivity contribution in [3.05, 3.63) is 18.0 Å². The van der Waals surface area contributed by atoms with E-state index in [9.17, 15) is 0 Å². The molecule has 0 radical (unpaired) electrons. The molecule has 0 bridgehead atoms. The van der Waals surface area contributed by atoms with Crippen molar-refractivity contribution >= 4 is 0 Å². The molecule has 1 rings (SSSR count). The number of nitrogens with two attached hydrogens (primary N) is 1. The van der Waals surface area contributed by atoms with Crippen LogP contribution in [0.25, 0.3) is 0 Å². The Morgan fingerprint density at radius 2 is 2.60 bits per heavy atom. The molecule has 1 aromatic heterocycles. The van der Waals surface area contributed by atoms with Crippen LogP contribution in [-0.4, -0.2) is 10.2 Å². The van der Waals surface area contributed by atoms with Gasteiger partial charge in [0.05, 0.1) is 5.69 Å². The first kappa shape index (κ1) is 7.28. The van der Waals surface area contributed by atoms with Crippen LogP contribution in [0.1, 0.15) is 31.5 Å². The minimum absolute atomic E-state index is 0.108. The molecule has 1 heterocycles. The van der Waals surface area contributed by atoms with Crippen LogP contribution < -0.4 is 5.73 Å². The van der Waals surface area contributed by atoms with Crippen molar-refractivity contribution in [3.8, 4) is 0 Å². The van der Waals surface area contributed by atoms with E-state index in [2.05, 4.69) is 17.1 Å². The summed E-state index contributed by atoms with van der Waals surface area (Å²) in [6, 6.07) is 2.02. The molecule has 0 aromatic carbocycles. The highest BCUT2D eigenvalue weighted by molar-refractivity contribution is 5.02. The normalized spacial score (nSPS) is 13.4. The fourth-order valence-corrected chi connectivity index (χ4v) is 0.937. The van der Waals surface area contributed by atoms with Gasteiger partial charge in [0.25, 0.3) is 0 Å². The monoisotopic (exact) mass is 139 g/mol. The average Bonchev–Trinajstić information content (AvgIpc) is 2.38. The Morgan fingerprint density at radius 3 is 3.10 bits per heavy atom.